The van der Waals surface area contributed by atoms with E-state index in [0.717, 1.165) is 16.7 Å². The summed E-state index contributed by atoms with van der Waals surface area (Å²) in [6.45, 7) is 5.08. The molecular formula is C26H21FO6. The van der Waals surface area contributed by atoms with Crippen LogP contribution in [0.15, 0.2) is 79.1 Å². The fourth-order valence-corrected chi connectivity index (χ4v) is 3.23. The van der Waals surface area contributed by atoms with E-state index in [2.05, 4.69) is 6.58 Å². The molecule has 0 aromatic heterocycles. The van der Waals surface area contributed by atoms with Crippen molar-refractivity contribution in [3.05, 3.63) is 95.8 Å². The Kier molecular flexibility index (Phi) is 6.35. The van der Waals surface area contributed by atoms with Gasteiger partial charge in [0.15, 0.2) is 0 Å². The molecule has 1 aliphatic heterocycles. The van der Waals surface area contributed by atoms with Crippen molar-refractivity contribution in [1.29, 1.82) is 0 Å². The lowest BCUT2D eigenvalue weighted by molar-refractivity contribution is -0.131. The molecule has 4 rings (SSSR count). The van der Waals surface area contributed by atoms with Crippen LogP contribution in [-0.2, 0) is 9.53 Å². The number of benzene rings is 3. The fraction of sp³-hybridized carbons (Fsp3) is 0.154. The van der Waals surface area contributed by atoms with Gasteiger partial charge < -0.3 is 19.3 Å². The Morgan fingerprint density at radius 2 is 1.64 bits per heavy atom. The molecule has 0 bridgehead atoms. The van der Waals surface area contributed by atoms with Gasteiger partial charge in [-0.1, -0.05) is 43.0 Å². The molecule has 7 heteroatoms. The minimum Gasteiger partial charge on any atom is -0.423 e. The smallest absolute Gasteiger partial charge is 0.371 e. The molecule has 0 radical (unpaired) electrons. The molecule has 1 N–H and O–H groups in total. The molecule has 0 amide bonds. The molecule has 168 valence electrons. The molecular weight excluding hydrogens is 427 g/mol. The zero-order chi connectivity index (χ0) is 23.5. The number of carbonyl (C=O) groups is 2. The summed E-state index contributed by atoms with van der Waals surface area (Å²) in [4.78, 5) is 24.2. The number of carbonyl (C=O) groups excluding carboxylic acids is 2. The molecule has 0 saturated carbocycles. The third kappa shape index (κ3) is 5.34. The number of ether oxygens (including phenoxy) is 3. The lowest BCUT2D eigenvalue weighted by Crippen LogP contribution is -2.11. The van der Waals surface area contributed by atoms with Gasteiger partial charge in [-0.2, -0.15) is 4.39 Å². The first kappa shape index (κ1) is 22.4. The van der Waals surface area contributed by atoms with E-state index in [4.69, 9.17) is 14.2 Å². The maximum absolute atomic E-state index is 13.1. The number of esters is 2. The highest BCUT2D eigenvalue weighted by molar-refractivity contribution is 5.92. The number of rotatable bonds is 7. The van der Waals surface area contributed by atoms with Crippen LogP contribution in [0, 0.1) is 0 Å². The minimum absolute atomic E-state index is 0.0441. The summed E-state index contributed by atoms with van der Waals surface area (Å²) in [5.74, 6) is -2.89. The Labute approximate surface area is 189 Å². The maximum Gasteiger partial charge on any atom is 0.371 e. The van der Waals surface area contributed by atoms with Crippen molar-refractivity contribution in [2.24, 2.45) is 0 Å². The van der Waals surface area contributed by atoms with Gasteiger partial charge in [0.05, 0.1) is 18.3 Å². The molecule has 6 nitrogen and oxygen atoms in total. The van der Waals surface area contributed by atoms with E-state index >= 15 is 0 Å². The number of aliphatic hydroxyl groups excluding tert-OH is 1. The fourth-order valence-electron chi connectivity index (χ4n) is 3.23. The monoisotopic (exact) mass is 448 g/mol. The summed E-state index contributed by atoms with van der Waals surface area (Å²) in [5, 5.41) is 9.63. The predicted octanol–water partition coefficient (Wildman–Crippen LogP) is 5.09. The van der Waals surface area contributed by atoms with Crippen LogP contribution in [0.25, 0.3) is 11.1 Å². The third-order valence-electron chi connectivity index (χ3n) is 5.15. The highest BCUT2D eigenvalue weighted by Gasteiger charge is 2.30. The number of aliphatic hydroxyl groups is 1. The van der Waals surface area contributed by atoms with Gasteiger partial charge >= 0.3 is 11.9 Å². The average Bonchev–Trinajstić information content (AvgIpc) is 3.64. The first-order valence-electron chi connectivity index (χ1n) is 10.2. The second kappa shape index (κ2) is 9.36. The number of hydrogen-bond donors (Lipinski definition) is 1. The van der Waals surface area contributed by atoms with Crippen molar-refractivity contribution in [2.75, 3.05) is 6.61 Å². The largest absolute Gasteiger partial charge is 0.423 e. The normalized spacial score (nSPS) is 15.4. The van der Waals surface area contributed by atoms with Gasteiger partial charge in [-0.15, -0.1) is 0 Å². The molecule has 3 aromatic carbocycles. The Hall–Kier alpha value is -3.81. The van der Waals surface area contributed by atoms with E-state index in [9.17, 15) is 19.1 Å². The Bertz CT molecular complexity index is 1190. The van der Waals surface area contributed by atoms with Crippen molar-refractivity contribution in [3.8, 4) is 22.6 Å². The second-order valence-corrected chi connectivity index (χ2v) is 7.58. The Balaban J connectivity index is 1.48. The van der Waals surface area contributed by atoms with Crippen LogP contribution in [0.2, 0.25) is 0 Å². The van der Waals surface area contributed by atoms with Crippen LogP contribution < -0.4 is 9.47 Å². The SMILES string of the molecule is C=C(F)C(=O)Oc1cc(OC(=O)c2ccc(-c3ccc(C(C)O)cc3)cc2)ccc1C1CO1. The highest BCUT2D eigenvalue weighted by Crippen LogP contribution is 2.38. The standard InChI is InChI=1S/C26H21FO6/c1-15(27)25(29)33-23-13-21(11-12-22(23)24-14-31-24)32-26(30)20-9-7-19(8-10-20)18-5-3-17(4-6-18)16(2)28/h3-13,16,24,28H,1,14H2,2H3. The molecule has 1 aliphatic rings. The van der Waals surface area contributed by atoms with E-state index in [1.54, 1.807) is 43.3 Å². The molecule has 0 spiro atoms. The molecule has 1 fully saturated rings. The van der Waals surface area contributed by atoms with Gasteiger partial charge in [-0.05, 0) is 47.9 Å². The molecule has 3 aromatic rings. The lowest BCUT2D eigenvalue weighted by Gasteiger charge is -2.11. The number of hydrogen-bond acceptors (Lipinski definition) is 6. The van der Waals surface area contributed by atoms with Crippen molar-refractivity contribution >= 4 is 11.9 Å². The predicted molar refractivity (Wildman–Crippen MR) is 118 cm³/mol. The van der Waals surface area contributed by atoms with Crippen molar-refractivity contribution in [1.82, 2.24) is 0 Å². The summed E-state index contributed by atoms with van der Waals surface area (Å²) in [6.07, 6.45) is -0.797. The van der Waals surface area contributed by atoms with E-state index in [1.165, 1.54) is 6.07 Å². The van der Waals surface area contributed by atoms with Crippen LogP contribution in [0.3, 0.4) is 0 Å². The van der Waals surface area contributed by atoms with Gasteiger partial charge in [0.2, 0.25) is 5.83 Å². The highest BCUT2D eigenvalue weighted by atomic mass is 19.1. The quantitative estimate of drug-likeness (QED) is 0.235. The van der Waals surface area contributed by atoms with E-state index < -0.39 is 23.9 Å². The molecule has 1 saturated heterocycles. The minimum atomic E-state index is -1.24. The van der Waals surface area contributed by atoms with Crippen molar-refractivity contribution in [3.63, 3.8) is 0 Å². The summed E-state index contributed by atoms with van der Waals surface area (Å²) >= 11 is 0. The summed E-state index contributed by atoms with van der Waals surface area (Å²) < 4.78 is 28.7. The van der Waals surface area contributed by atoms with Crippen LogP contribution in [0.4, 0.5) is 4.39 Å². The Morgan fingerprint density at radius 3 is 2.18 bits per heavy atom. The van der Waals surface area contributed by atoms with Gasteiger partial charge in [0.1, 0.15) is 17.6 Å². The average molecular weight is 448 g/mol. The number of epoxide rings is 1. The summed E-state index contributed by atoms with van der Waals surface area (Å²) in [7, 11) is 0. The van der Waals surface area contributed by atoms with E-state index in [1.807, 2.05) is 24.3 Å². The van der Waals surface area contributed by atoms with Gasteiger partial charge in [0, 0.05) is 11.6 Å². The first-order chi connectivity index (χ1) is 15.8. The van der Waals surface area contributed by atoms with Crippen LogP contribution in [0.5, 0.6) is 11.5 Å². The van der Waals surface area contributed by atoms with Crippen LogP contribution in [-0.4, -0.2) is 23.7 Å². The van der Waals surface area contributed by atoms with E-state index in [-0.39, 0.29) is 17.6 Å². The third-order valence-corrected chi connectivity index (χ3v) is 5.15. The first-order valence-corrected chi connectivity index (χ1v) is 10.2. The van der Waals surface area contributed by atoms with Crippen LogP contribution >= 0.6 is 0 Å². The zero-order valence-corrected chi connectivity index (χ0v) is 17.8. The number of halogens is 1. The van der Waals surface area contributed by atoms with Crippen LogP contribution in [0.1, 0.15) is 40.6 Å². The summed E-state index contributed by atoms with van der Waals surface area (Å²) in [5.41, 5.74) is 3.54. The molecule has 2 unspecified atom stereocenters. The van der Waals surface area contributed by atoms with Gasteiger partial charge in [-0.25, -0.2) is 9.59 Å². The summed E-state index contributed by atoms with van der Waals surface area (Å²) in [6, 6.07) is 18.9. The molecule has 33 heavy (non-hydrogen) atoms. The zero-order valence-electron chi connectivity index (χ0n) is 17.8. The molecule has 2 atom stereocenters. The van der Waals surface area contributed by atoms with Crippen molar-refractivity contribution in [2.45, 2.75) is 19.1 Å². The topological polar surface area (TPSA) is 85.4 Å². The molecule has 0 aliphatic carbocycles. The Morgan fingerprint density at radius 1 is 1.03 bits per heavy atom. The maximum atomic E-state index is 13.1. The van der Waals surface area contributed by atoms with Gasteiger partial charge in [0.25, 0.3) is 0 Å². The van der Waals surface area contributed by atoms with Gasteiger partial charge in [-0.3, -0.25) is 0 Å². The van der Waals surface area contributed by atoms with Crippen molar-refractivity contribution < 1.29 is 33.3 Å². The van der Waals surface area contributed by atoms with E-state index in [0.29, 0.717) is 17.7 Å². The molecule has 1 heterocycles. The lowest BCUT2D eigenvalue weighted by atomic mass is 10.0. The second-order valence-electron chi connectivity index (χ2n) is 7.58.